The van der Waals surface area contributed by atoms with Gasteiger partial charge in [0.05, 0.1) is 6.54 Å². The van der Waals surface area contributed by atoms with Crippen molar-refractivity contribution in [1.82, 2.24) is 10.6 Å². The summed E-state index contributed by atoms with van der Waals surface area (Å²) < 4.78 is 0. The summed E-state index contributed by atoms with van der Waals surface area (Å²) in [7, 11) is 0. The van der Waals surface area contributed by atoms with Gasteiger partial charge in [-0.2, -0.15) is 0 Å². The third-order valence-electron chi connectivity index (χ3n) is 2.35. The third-order valence-corrected chi connectivity index (χ3v) is 2.35. The van der Waals surface area contributed by atoms with E-state index < -0.39 is 0 Å². The Hall–Kier alpha value is -2.04. The lowest BCUT2D eigenvalue weighted by molar-refractivity contribution is -0.120. The van der Waals surface area contributed by atoms with Gasteiger partial charge in [0, 0.05) is 17.3 Å². The topological polar surface area (TPSA) is 84.2 Å². The van der Waals surface area contributed by atoms with Crippen molar-refractivity contribution in [2.24, 2.45) is 0 Å². The molecular formula is C13H19N3O2. The lowest BCUT2D eigenvalue weighted by atomic mass is 10.1. The van der Waals surface area contributed by atoms with E-state index >= 15 is 0 Å². The molecule has 4 N–H and O–H groups in total. The van der Waals surface area contributed by atoms with Gasteiger partial charge < -0.3 is 16.4 Å². The number of nitrogens with two attached hydrogens (primary N) is 1. The maximum Gasteiger partial charge on any atom is 0.251 e. The van der Waals surface area contributed by atoms with Crippen molar-refractivity contribution >= 4 is 17.5 Å². The number of aryl methyl sites for hydroxylation is 1. The zero-order valence-corrected chi connectivity index (χ0v) is 10.9. The lowest BCUT2D eigenvalue weighted by Crippen LogP contribution is -2.39. The van der Waals surface area contributed by atoms with Crippen molar-refractivity contribution in [2.45, 2.75) is 26.8 Å². The average molecular weight is 249 g/mol. The summed E-state index contributed by atoms with van der Waals surface area (Å²) in [6.07, 6.45) is 0. The molecule has 0 bridgehead atoms. The van der Waals surface area contributed by atoms with Crippen molar-refractivity contribution in [3.8, 4) is 0 Å². The van der Waals surface area contributed by atoms with E-state index in [-0.39, 0.29) is 24.4 Å². The molecule has 5 nitrogen and oxygen atoms in total. The Balaban J connectivity index is 2.58. The molecule has 0 fully saturated rings. The molecule has 0 atom stereocenters. The molecule has 0 heterocycles. The number of amides is 2. The van der Waals surface area contributed by atoms with E-state index in [0.717, 1.165) is 5.56 Å². The van der Waals surface area contributed by atoms with Crippen LogP contribution in [0.25, 0.3) is 0 Å². The zero-order valence-electron chi connectivity index (χ0n) is 10.9. The van der Waals surface area contributed by atoms with E-state index in [1.165, 1.54) is 0 Å². The second-order valence-corrected chi connectivity index (χ2v) is 4.48. The van der Waals surface area contributed by atoms with E-state index in [1.54, 1.807) is 25.1 Å². The van der Waals surface area contributed by atoms with Crippen LogP contribution in [0.15, 0.2) is 18.2 Å². The number of nitrogens with one attached hydrogen (secondary N) is 2. The van der Waals surface area contributed by atoms with Crippen LogP contribution in [-0.2, 0) is 4.79 Å². The molecule has 1 rings (SSSR count). The maximum absolute atomic E-state index is 11.8. The number of hydrogen-bond donors (Lipinski definition) is 3. The van der Waals surface area contributed by atoms with Gasteiger partial charge in [0.2, 0.25) is 5.91 Å². The van der Waals surface area contributed by atoms with Crippen LogP contribution in [0.4, 0.5) is 5.69 Å². The van der Waals surface area contributed by atoms with E-state index in [1.807, 2.05) is 13.8 Å². The highest BCUT2D eigenvalue weighted by Gasteiger charge is 2.10. The summed E-state index contributed by atoms with van der Waals surface area (Å²) >= 11 is 0. The van der Waals surface area contributed by atoms with Crippen molar-refractivity contribution in [3.63, 3.8) is 0 Å². The lowest BCUT2D eigenvalue weighted by Gasteiger charge is -2.10. The molecule has 0 aromatic heterocycles. The Labute approximate surface area is 107 Å². The molecule has 0 spiro atoms. The van der Waals surface area contributed by atoms with Gasteiger partial charge in [0.15, 0.2) is 0 Å². The van der Waals surface area contributed by atoms with Crippen molar-refractivity contribution in [3.05, 3.63) is 29.3 Å². The van der Waals surface area contributed by atoms with Crippen LogP contribution in [0, 0.1) is 6.92 Å². The average Bonchev–Trinajstić information content (AvgIpc) is 2.25. The van der Waals surface area contributed by atoms with Crippen molar-refractivity contribution in [2.75, 3.05) is 12.3 Å². The molecular weight excluding hydrogens is 230 g/mol. The van der Waals surface area contributed by atoms with Gasteiger partial charge in [-0.05, 0) is 44.5 Å². The molecule has 1 aromatic carbocycles. The van der Waals surface area contributed by atoms with E-state index in [9.17, 15) is 9.59 Å². The smallest absolute Gasteiger partial charge is 0.251 e. The summed E-state index contributed by atoms with van der Waals surface area (Å²) in [6, 6.07) is 5.10. The Kier molecular flexibility index (Phi) is 4.71. The summed E-state index contributed by atoms with van der Waals surface area (Å²) in [5.41, 5.74) is 7.54. The normalized spacial score (nSPS) is 10.2. The van der Waals surface area contributed by atoms with Crippen molar-refractivity contribution < 1.29 is 9.59 Å². The SMILES string of the molecule is Cc1cc(N)ccc1C(=O)NCC(=O)NC(C)C. The van der Waals surface area contributed by atoms with Gasteiger partial charge in [-0.25, -0.2) is 0 Å². The highest BCUT2D eigenvalue weighted by atomic mass is 16.2. The molecule has 1 aromatic rings. The van der Waals surface area contributed by atoms with Crippen molar-refractivity contribution in [1.29, 1.82) is 0 Å². The van der Waals surface area contributed by atoms with Gasteiger partial charge in [0.1, 0.15) is 0 Å². The van der Waals surface area contributed by atoms with Crippen LogP contribution in [0.5, 0.6) is 0 Å². The number of hydrogen-bond acceptors (Lipinski definition) is 3. The standard InChI is InChI=1S/C13H19N3O2/c1-8(2)16-12(17)7-15-13(18)11-5-4-10(14)6-9(11)3/h4-6,8H,7,14H2,1-3H3,(H,15,18)(H,16,17). The molecule has 0 aliphatic carbocycles. The first-order valence-corrected chi connectivity index (χ1v) is 5.84. The summed E-state index contributed by atoms with van der Waals surface area (Å²) in [6.45, 7) is 5.51. The summed E-state index contributed by atoms with van der Waals surface area (Å²) in [5, 5.41) is 5.27. The number of anilines is 1. The molecule has 2 amide bonds. The monoisotopic (exact) mass is 249 g/mol. The summed E-state index contributed by atoms with van der Waals surface area (Å²) in [4.78, 5) is 23.2. The molecule has 0 radical (unpaired) electrons. The Morgan fingerprint density at radius 1 is 1.33 bits per heavy atom. The second-order valence-electron chi connectivity index (χ2n) is 4.48. The fraction of sp³-hybridized carbons (Fsp3) is 0.385. The first kappa shape index (κ1) is 14.0. The van der Waals surface area contributed by atoms with Gasteiger partial charge in [-0.1, -0.05) is 0 Å². The molecule has 0 unspecified atom stereocenters. The first-order chi connectivity index (χ1) is 8.40. The summed E-state index contributed by atoms with van der Waals surface area (Å²) in [5.74, 6) is -0.474. The third kappa shape index (κ3) is 4.08. The minimum absolute atomic E-state index is 0.0270. The van der Waals surface area contributed by atoms with Crippen LogP contribution in [0.3, 0.4) is 0 Å². The highest BCUT2D eigenvalue weighted by Crippen LogP contribution is 2.11. The molecule has 0 saturated carbocycles. The second kappa shape index (κ2) is 6.05. The fourth-order valence-electron chi connectivity index (χ4n) is 1.57. The van der Waals surface area contributed by atoms with E-state index in [4.69, 9.17) is 5.73 Å². The number of benzene rings is 1. The van der Waals surface area contributed by atoms with Crippen LogP contribution >= 0.6 is 0 Å². The minimum Gasteiger partial charge on any atom is -0.399 e. The molecule has 0 aliphatic rings. The van der Waals surface area contributed by atoms with Crippen LogP contribution in [0.2, 0.25) is 0 Å². The maximum atomic E-state index is 11.8. The highest BCUT2D eigenvalue weighted by molar-refractivity contribution is 5.97. The first-order valence-electron chi connectivity index (χ1n) is 5.84. The Morgan fingerprint density at radius 2 is 2.00 bits per heavy atom. The molecule has 0 saturated heterocycles. The number of nitrogen functional groups attached to an aromatic ring is 1. The number of carbonyl (C=O) groups excluding carboxylic acids is 2. The Bertz CT molecular complexity index is 456. The fourth-order valence-corrected chi connectivity index (χ4v) is 1.57. The van der Waals surface area contributed by atoms with Crippen LogP contribution in [-0.4, -0.2) is 24.4 Å². The number of rotatable bonds is 4. The predicted octanol–water partition coefficient (Wildman–Crippen LogP) is 0.832. The minimum atomic E-state index is -0.272. The molecule has 0 aliphatic heterocycles. The van der Waals surface area contributed by atoms with Gasteiger partial charge in [-0.15, -0.1) is 0 Å². The van der Waals surface area contributed by atoms with E-state index in [0.29, 0.717) is 11.3 Å². The van der Waals surface area contributed by atoms with Gasteiger partial charge in [-0.3, -0.25) is 9.59 Å². The van der Waals surface area contributed by atoms with E-state index in [2.05, 4.69) is 10.6 Å². The molecule has 18 heavy (non-hydrogen) atoms. The zero-order chi connectivity index (χ0) is 13.7. The van der Waals surface area contributed by atoms with Crippen LogP contribution in [0.1, 0.15) is 29.8 Å². The quantitative estimate of drug-likeness (QED) is 0.691. The molecule has 98 valence electrons. The molecule has 5 heteroatoms. The van der Waals surface area contributed by atoms with Gasteiger partial charge >= 0.3 is 0 Å². The predicted molar refractivity (Wildman–Crippen MR) is 71.2 cm³/mol. The largest absolute Gasteiger partial charge is 0.399 e. The number of carbonyl (C=O) groups is 2. The van der Waals surface area contributed by atoms with Crippen LogP contribution < -0.4 is 16.4 Å². The Morgan fingerprint density at radius 3 is 2.56 bits per heavy atom. The van der Waals surface area contributed by atoms with Gasteiger partial charge in [0.25, 0.3) is 5.91 Å².